The Morgan fingerprint density at radius 3 is 1.40 bits per heavy atom. The van der Waals surface area contributed by atoms with E-state index >= 15 is 0 Å². The first-order chi connectivity index (χ1) is 8.61. The molecule has 0 fully saturated rings. The molecule has 0 aliphatic heterocycles. The van der Waals surface area contributed by atoms with E-state index in [4.69, 9.17) is 40.3 Å². The van der Waals surface area contributed by atoms with Gasteiger partial charge in [-0.25, -0.2) is 5.48 Å². The normalized spacial score (nSPS) is 7.05. The van der Waals surface area contributed by atoms with Crippen LogP contribution in [-0.4, -0.2) is 82.5 Å². The Labute approximate surface area is 140 Å². The van der Waals surface area contributed by atoms with Crippen molar-refractivity contribution in [3.05, 3.63) is 0 Å². The van der Waals surface area contributed by atoms with Crippen LogP contribution in [0.5, 0.6) is 0 Å². The maximum atomic E-state index is 9.00. The number of nitrogens with one attached hydrogen (secondary N) is 1. The van der Waals surface area contributed by atoms with Crippen LogP contribution in [0.4, 0.5) is 0 Å². The first kappa shape index (κ1) is 31.6. The molecular weight excluding hydrogens is 283 g/mol. The molecule has 10 heteroatoms. The molecule has 0 aromatic carbocycles. The second kappa shape index (κ2) is 31.0. The maximum Gasteiger partial charge on any atom is 0.300 e. The van der Waals surface area contributed by atoms with Gasteiger partial charge in [0, 0.05) is 63.4 Å². The molecule has 9 nitrogen and oxygen atoms in total. The van der Waals surface area contributed by atoms with Crippen LogP contribution >= 0.6 is 0 Å². The second-order valence-corrected chi connectivity index (χ2v) is 2.67. The number of carbonyl (C=O) groups is 3. The molecule has 117 valence electrons. The average molecular weight is 307 g/mol. The van der Waals surface area contributed by atoms with Crippen LogP contribution in [0, 0.1) is 0 Å². The van der Waals surface area contributed by atoms with E-state index in [0.717, 1.165) is 27.3 Å². The van der Waals surface area contributed by atoms with Gasteiger partial charge in [-0.15, -0.1) is 0 Å². The summed E-state index contributed by atoms with van der Waals surface area (Å²) in [4.78, 5) is 31.7. The largest absolute Gasteiger partial charge is 0.481 e. The van der Waals surface area contributed by atoms with Gasteiger partial charge in [0.1, 0.15) is 0 Å². The zero-order valence-electron chi connectivity index (χ0n) is 12.7. The van der Waals surface area contributed by atoms with Crippen molar-refractivity contribution in [3.63, 3.8) is 0 Å². The maximum absolute atomic E-state index is 9.00. The second-order valence-electron chi connectivity index (χ2n) is 2.67. The van der Waals surface area contributed by atoms with E-state index in [-0.39, 0.29) is 29.6 Å². The SMILES string of the molecule is CC(=O)O.CC(=O)O.CC(=O)O.CCONCCN.[Na]. The summed E-state index contributed by atoms with van der Waals surface area (Å²) in [5.74, 6) is -2.50. The Bertz CT molecular complexity index is 183. The molecule has 1 radical (unpaired) electrons. The third-order valence-corrected chi connectivity index (χ3v) is 0.493. The van der Waals surface area contributed by atoms with Crippen LogP contribution < -0.4 is 11.2 Å². The first-order valence-electron chi connectivity index (χ1n) is 5.24. The summed E-state index contributed by atoms with van der Waals surface area (Å²) in [7, 11) is 0. The molecule has 0 amide bonds. The molecule has 0 aliphatic rings. The fourth-order valence-corrected chi connectivity index (χ4v) is 0.233. The van der Waals surface area contributed by atoms with Gasteiger partial charge in [-0.2, -0.15) is 0 Å². The molecule has 6 N–H and O–H groups in total. The van der Waals surface area contributed by atoms with Crippen molar-refractivity contribution < 1.29 is 34.5 Å². The predicted molar refractivity (Wildman–Crippen MR) is 74.4 cm³/mol. The van der Waals surface area contributed by atoms with Crippen molar-refractivity contribution in [2.45, 2.75) is 27.7 Å². The Balaban J connectivity index is -0.0000000512. The van der Waals surface area contributed by atoms with Gasteiger partial charge < -0.3 is 25.9 Å². The third-order valence-electron chi connectivity index (χ3n) is 0.493. The minimum Gasteiger partial charge on any atom is -0.481 e. The van der Waals surface area contributed by atoms with E-state index in [1.54, 1.807) is 0 Å². The van der Waals surface area contributed by atoms with Gasteiger partial charge in [0.2, 0.25) is 0 Å². The van der Waals surface area contributed by atoms with E-state index in [9.17, 15) is 0 Å². The van der Waals surface area contributed by atoms with Crippen LogP contribution in [0.15, 0.2) is 0 Å². The first-order valence-corrected chi connectivity index (χ1v) is 5.24. The van der Waals surface area contributed by atoms with Gasteiger partial charge in [-0.3, -0.25) is 14.4 Å². The van der Waals surface area contributed by atoms with Crippen molar-refractivity contribution in [1.82, 2.24) is 5.48 Å². The topological polar surface area (TPSA) is 159 Å². The molecular formula is C10H24N2NaO7. The summed E-state index contributed by atoms with van der Waals surface area (Å²) in [5.41, 5.74) is 7.79. The molecule has 0 aliphatic carbocycles. The zero-order valence-corrected chi connectivity index (χ0v) is 14.7. The van der Waals surface area contributed by atoms with Gasteiger partial charge in [-0.1, -0.05) is 0 Å². The Hall–Kier alpha value is -0.710. The van der Waals surface area contributed by atoms with Crippen molar-refractivity contribution >= 4 is 47.5 Å². The summed E-state index contributed by atoms with van der Waals surface area (Å²) in [6, 6.07) is 0. The molecule has 20 heavy (non-hydrogen) atoms. The van der Waals surface area contributed by atoms with Gasteiger partial charge >= 0.3 is 0 Å². The smallest absolute Gasteiger partial charge is 0.300 e. The summed E-state index contributed by atoms with van der Waals surface area (Å²) in [5, 5.41) is 22.2. The number of rotatable bonds is 4. The minimum atomic E-state index is -0.833. The number of nitrogens with two attached hydrogens (primary N) is 1. The molecule has 0 atom stereocenters. The summed E-state index contributed by atoms with van der Waals surface area (Å²) >= 11 is 0. The molecule has 0 rings (SSSR count). The van der Waals surface area contributed by atoms with Crippen LogP contribution in [-0.2, 0) is 19.2 Å². The average Bonchev–Trinajstić information content (AvgIpc) is 2.15. The summed E-state index contributed by atoms with van der Waals surface area (Å²) < 4.78 is 0. The molecule has 0 spiro atoms. The summed E-state index contributed by atoms with van der Waals surface area (Å²) in [6.07, 6.45) is 0. The number of carboxylic acids is 3. The molecule has 0 aromatic heterocycles. The third kappa shape index (κ3) is 424. The van der Waals surface area contributed by atoms with Crippen LogP contribution in [0.3, 0.4) is 0 Å². The van der Waals surface area contributed by atoms with Crippen molar-refractivity contribution in [1.29, 1.82) is 0 Å². The van der Waals surface area contributed by atoms with Crippen LogP contribution in [0.2, 0.25) is 0 Å². The molecule has 0 heterocycles. The number of hydroxylamine groups is 1. The molecule has 0 aromatic rings. The molecule has 0 saturated heterocycles. The van der Waals surface area contributed by atoms with Gasteiger partial charge in [-0.05, 0) is 6.92 Å². The fourth-order valence-electron chi connectivity index (χ4n) is 0.233. The van der Waals surface area contributed by atoms with Gasteiger partial charge in [0.15, 0.2) is 0 Å². The van der Waals surface area contributed by atoms with E-state index in [1.807, 2.05) is 6.92 Å². The van der Waals surface area contributed by atoms with Crippen LogP contribution in [0.1, 0.15) is 27.7 Å². The Kier molecular flexibility index (Phi) is 48.9. The minimum absolute atomic E-state index is 0. The number of hydrogen-bond donors (Lipinski definition) is 5. The summed E-state index contributed by atoms with van der Waals surface area (Å²) in [6.45, 7) is 7.22. The van der Waals surface area contributed by atoms with Gasteiger partial charge in [0.25, 0.3) is 17.9 Å². The molecule has 0 unspecified atom stereocenters. The van der Waals surface area contributed by atoms with Gasteiger partial charge in [0.05, 0.1) is 6.61 Å². The zero-order chi connectivity index (χ0) is 16.3. The standard InChI is InChI=1S/C4H12N2O.3C2H4O2.Na/c1-2-7-6-4-3-5;3*1-2(3)4;/h6H,2-5H2,1H3;3*1H3,(H,3,4);. The Morgan fingerprint density at radius 2 is 1.25 bits per heavy atom. The quantitative estimate of drug-likeness (QED) is 0.259. The molecule has 0 bridgehead atoms. The Morgan fingerprint density at radius 1 is 1.00 bits per heavy atom. The van der Waals surface area contributed by atoms with E-state index in [1.165, 1.54) is 0 Å². The molecule has 0 saturated carbocycles. The fraction of sp³-hybridized carbons (Fsp3) is 0.700. The van der Waals surface area contributed by atoms with E-state index in [2.05, 4.69) is 5.48 Å². The predicted octanol–water partition coefficient (Wildman–Crippen LogP) is -0.622. The van der Waals surface area contributed by atoms with Crippen molar-refractivity contribution in [3.8, 4) is 0 Å². The van der Waals surface area contributed by atoms with Crippen molar-refractivity contribution in [2.75, 3.05) is 19.7 Å². The number of hydrogen-bond acceptors (Lipinski definition) is 6. The monoisotopic (exact) mass is 307 g/mol. The van der Waals surface area contributed by atoms with E-state index in [0.29, 0.717) is 13.2 Å². The number of aliphatic carboxylic acids is 3. The van der Waals surface area contributed by atoms with Crippen LogP contribution in [0.25, 0.3) is 0 Å². The number of carboxylic acid groups (broad SMARTS) is 3. The van der Waals surface area contributed by atoms with E-state index < -0.39 is 17.9 Å². The van der Waals surface area contributed by atoms with Crippen molar-refractivity contribution in [2.24, 2.45) is 5.73 Å².